The van der Waals surface area contributed by atoms with Crippen LogP contribution in [0.5, 0.6) is 0 Å². The topological polar surface area (TPSA) is 32.3 Å². The van der Waals surface area contributed by atoms with Gasteiger partial charge in [-0.1, -0.05) is 0 Å². The van der Waals surface area contributed by atoms with Crippen molar-refractivity contribution in [2.45, 2.75) is 19.8 Å². The molecule has 0 radical (unpaired) electrons. The van der Waals surface area contributed by atoms with Gasteiger partial charge in [0.05, 0.1) is 0 Å². The number of nitrogens with one attached hydrogen (secondary N) is 1. The third kappa shape index (κ3) is 1.40. The summed E-state index contributed by atoms with van der Waals surface area (Å²) < 4.78 is 0. The molecule has 0 aromatic heterocycles. The second-order valence-electron chi connectivity index (χ2n) is 3.84. The Kier molecular flexibility index (Phi) is 1.95. The number of nitrogens with zero attached hydrogens (tertiary/aromatic N) is 1. The molecule has 2 rings (SSSR count). The molecule has 0 spiro atoms. The summed E-state index contributed by atoms with van der Waals surface area (Å²) in [5, 5.41) is 2.81. The average Bonchev–Trinajstić information content (AvgIpc) is 2.68. The zero-order valence-corrected chi connectivity index (χ0v) is 7.55. The molecule has 1 saturated carbocycles. The van der Waals surface area contributed by atoms with E-state index in [0.29, 0.717) is 0 Å². The van der Waals surface area contributed by atoms with Crippen molar-refractivity contribution in [1.82, 2.24) is 10.2 Å². The molecule has 1 N–H and O–H groups in total. The Balaban J connectivity index is 1.69. The number of hydrogen-bond donors (Lipinski definition) is 1. The van der Waals surface area contributed by atoms with Crippen molar-refractivity contribution >= 4 is 6.03 Å². The first-order valence-electron chi connectivity index (χ1n) is 4.84. The smallest absolute Gasteiger partial charge is 0.317 e. The van der Waals surface area contributed by atoms with E-state index in [1.54, 1.807) is 0 Å². The van der Waals surface area contributed by atoms with Crippen molar-refractivity contribution in [3.8, 4) is 0 Å². The quantitative estimate of drug-likeness (QED) is 0.657. The fraction of sp³-hybridized carbons (Fsp3) is 0.889. The van der Waals surface area contributed by atoms with Gasteiger partial charge in [-0.25, -0.2) is 4.79 Å². The molecule has 2 amide bonds. The molecule has 1 heterocycles. The monoisotopic (exact) mass is 168 g/mol. The van der Waals surface area contributed by atoms with Gasteiger partial charge in [0.2, 0.25) is 0 Å². The van der Waals surface area contributed by atoms with Crippen molar-refractivity contribution in [2.75, 3.05) is 19.6 Å². The number of urea groups is 1. The van der Waals surface area contributed by atoms with Gasteiger partial charge in [0.25, 0.3) is 0 Å². The zero-order valence-electron chi connectivity index (χ0n) is 7.55. The number of hydrogen-bond acceptors (Lipinski definition) is 1. The van der Waals surface area contributed by atoms with Crippen LogP contribution in [0.15, 0.2) is 0 Å². The van der Waals surface area contributed by atoms with Crippen LogP contribution in [0.4, 0.5) is 4.79 Å². The highest BCUT2D eigenvalue weighted by Gasteiger charge is 2.40. The van der Waals surface area contributed by atoms with E-state index in [4.69, 9.17) is 0 Å². The van der Waals surface area contributed by atoms with E-state index < -0.39 is 0 Å². The van der Waals surface area contributed by atoms with Gasteiger partial charge < -0.3 is 10.2 Å². The molecule has 2 fully saturated rings. The van der Waals surface area contributed by atoms with E-state index in [0.717, 1.165) is 31.5 Å². The van der Waals surface area contributed by atoms with Gasteiger partial charge in [0, 0.05) is 19.6 Å². The van der Waals surface area contributed by atoms with Crippen LogP contribution >= 0.6 is 0 Å². The number of carbonyl (C=O) groups is 1. The highest BCUT2D eigenvalue weighted by molar-refractivity contribution is 5.74. The van der Waals surface area contributed by atoms with Crippen molar-refractivity contribution < 1.29 is 4.79 Å². The lowest BCUT2D eigenvalue weighted by molar-refractivity contribution is 0.109. The zero-order chi connectivity index (χ0) is 8.55. The predicted molar refractivity (Wildman–Crippen MR) is 46.9 cm³/mol. The van der Waals surface area contributed by atoms with E-state index in [9.17, 15) is 4.79 Å². The van der Waals surface area contributed by atoms with Crippen LogP contribution in [0.2, 0.25) is 0 Å². The summed E-state index contributed by atoms with van der Waals surface area (Å²) in [7, 11) is 0. The first kappa shape index (κ1) is 7.90. The number of rotatable bonds is 2. The van der Waals surface area contributed by atoms with Gasteiger partial charge in [0.1, 0.15) is 0 Å². The Hall–Kier alpha value is -0.730. The van der Waals surface area contributed by atoms with Crippen LogP contribution in [0.1, 0.15) is 19.8 Å². The molecule has 0 unspecified atom stereocenters. The van der Waals surface area contributed by atoms with Crippen LogP contribution in [-0.2, 0) is 0 Å². The van der Waals surface area contributed by atoms with Crippen molar-refractivity contribution in [1.29, 1.82) is 0 Å². The highest BCUT2D eigenvalue weighted by atomic mass is 16.2. The molecule has 1 saturated heterocycles. The molecule has 0 aromatic rings. The normalized spacial score (nSPS) is 23.6. The van der Waals surface area contributed by atoms with Gasteiger partial charge >= 0.3 is 6.03 Å². The Morgan fingerprint density at radius 3 is 2.58 bits per heavy atom. The molecule has 3 heteroatoms. The van der Waals surface area contributed by atoms with Gasteiger partial charge in [-0.15, -0.1) is 0 Å². The van der Waals surface area contributed by atoms with E-state index in [1.165, 1.54) is 12.8 Å². The van der Waals surface area contributed by atoms with Crippen LogP contribution in [0, 0.1) is 11.8 Å². The summed E-state index contributed by atoms with van der Waals surface area (Å²) in [5.74, 6) is 1.78. The average molecular weight is 168 g/mol. The standard InChI is InChI=1S/C9H16N2O/c1-2-10-9(12)11-5-8(6-11)7-3-4-7/h7-8H,2-6H2,1H3,(H,10,12). The number of likely N-dealkylation sites (tertiary alicyclic amines) is 1. The molecule has 3 nitrogen and oxygen atoms in total. The molecule has 0 bridgehead atoms. The molecule has 0 aromatic carbocycles. The summed E-state index contributed by atoms with van der Waals surface area (Å²) in [4.78, 5) is 13.1. The van der Waals surface area contributed by atoms with Gasteiger partial charge in [-0.05, 0) is 31.6 Å². The first-order chi connectivity index (χ1) is 5.81. The van der Waals surface area contributed by atoms with E-state index in [-0.39, 0.29) is 6.03 Å². The lowest BCUT2D eigenvalue weighted by Gasteiger charge is -2.39. The molecular weight excluding hydrogens is 152 g/mol. The minimum Gasteiger partial charge on any atom is -0.338 e. The van der Waals surface area contributed by atoms with Crippen molar-refractivity contribution in [3.63, 3.8) is 0 Å². The summed E-state index contributed by atoms with van der Waals surface area (Å²) in [5.41, 5.74) is 0. The third-order valence-corrected chi connectivity index (χ3v) is 2.81. The molecule has 12 heavy (non-hydrogen) atoms. The fourth-order valence-electron chi connectivity index (χ4n) is 1.81. The maximum Gasteiger partial charge on any atom is 0.317 e. The Morgan fingerprint density at radius 1 is 1.42 bits per heavy atom. The van der Waals surface area contributed by atoms with Crippen LogP contribution in [-0.4, -0.2) is 30.6 Å². The Labute approximate surface area is 73.1 Å². The predicted octanol–water partition coefficient (Wildman–Crippen LogP) is 1.06. The molecule has 2 aliphatic rings. The van der Waals surface area contributed by atoms with Crippen molar-refractivity contribution in [3.05, 3.63) is 0 Å². The lowest BCUT2D eigenvalue weighted by Crippen LogP contribution is -2.54. The molecule has 68 valence electrons. The molecule has 1 aliphatic heterocycles. The maximum atomic E-state index is 11.2. The SMILES string of the molecule is CCNC(=O)N1CC(C2CC2)C1. The fourth-order valence-corrected chi connectivity index (χ4v) is 1.81. The van der Waals surface area contributed by atoms with Gasteiger partial charge in [-0.2, -0.15) is 0 Å². The van der Waals surface area contributed by atoms with Crippen LogP contribution < -0.4 is 5.32 Å². The van der Waals surface area contributed by atoms with E-state index in [1.807, 2.05) is 11.8 Å². The maximum absolute atomic E-state index is 11.2. The van der Waals surface area contributed by atoms with Gasteiger partial charge in [-0.3, -0.25) is 0 Å². The minimum absolute atomic E-state index is 0.120. The van der Waals surface area contributed by atoms with Gasteiger partial charge in [0.15, 0.2) is 0 Å². The molecule has 1 aliphatic carbocycles. The van der Waals surface area contributed by atoms with Crippen LogP contribution in [0.3, 0.4) is 0 Å². The summed E-state index contributed by atoms with van der Waals surface area (Å²) >= 11 is 0. The minimum atomic E-state index is 0.120. The highest BCUT2D eigenvalue weighted by Crippen LogP contribution is 2.41. The Bertz CT molecular complexity index is 183. The van der Waals surface area contributed by atoms with E-state index >= 15 is 0 Å². The van der Waals surface area contributed by atoms with Crippen LogP contribution in [0.25, 0.3) is 0 Å². The number of carbonyl (C=O) groups excluding carboxylic acids is 1. The largest absolute Gasteiger partial charge is 0.338 e. The van der Waals surface area contributed by atoms with Crippen molar-refractivity contribution in [2.24, 2.45) is 11.8 Å². The summed E-state index contributed by atoms with van der Waals surface area (Å²) in [6.45, 7) is 4.69. The third-order valence-electron chi connectivity index (χ3n) is 2.81. The lowest BCUT2D eigenvalue weighted by atomic mass is 9.95. The molecule has 0 atom stereocenters. The Morgan fingerprint density at radius 2 is 2.08 bits per heavy atom. The first-order valence-corrected chi connectivity index (χ1v) is 4.84. The second kappa shape index (κ2) is 2.96. The molecular formula is C9H16N2O. The summed E-state index contributed by atoms with van der Waals surface area (Å²) in [6.07, 6.45) is 2.79. The second-order valence-corrected chi connectivity index (χ2v) is 3.84. The summed E-state index contributed by atoms with van der Waals surface area (Å²) in [6, 6.07) is 0.120. The number of amides is 2. The van der Waals surface area contributed by atoms with E-state index in [2.05, 4.69) is 5.32 Å².